The SMILES string of the molecule is CN1CCOC(Cn2c(N)nc3ccccc32)C1. The number of aromatic nitrogens is 2. The lowest BCUT2D eigenvalue weighted by Gasteiger charge is -2.30. The fraction of sp³-hybridized carbons (Fsp3) is 0.462. The van der Waals surface area contributed by atoms with Gasteiger partial charge in [0, 0.05) is 13.1 Å². The van der Waals surface area contributed by atoms with Crippen LogP contribution >= 0.6 is 0 Å². The molecule has 1 saturated heterocycles. The highest BCUT2D eigenvalue weighted by atomic mass is 16.5. The summed E-state index contributed by atoms with van der Waals surface area (Å²) in [5.74, 6) is 0.563. The topological polar surface area (TPSA) is 56.3 Å². The molecule has 2 heterocycles. The number of fused-ring (bicyclic) bond motifs is 1. The lowest BCUT2D eigenvalue weighted by molar-refractivity contribution is -0.0267. The number of hydrogen-bond donors (Lipinski definition) is 1. The Kier molecular flexibility index (Phi) is 2.93. The van der Waals surface area contributed by atoms with E-state index in [1.54, 1.807) is 0 Å². The van der Waals surface area contributed by atoms with E-state index in [1.807, 2.05) is 28.8 Å². The minimum Gasteiger partial charge on any atom is -0.374 e. The number of nitrogens with zero attached hydrogens (tertiary/aromatic N) is 3. The summed E-state index contributed by atoms with van der Waals surface area (Å²) in [4.78, 5) is 6.65. The molecule has 2 N–H and O–H groups in total. The van der Waals surface area contributed by atoms with Gasteiger partial charge in [0.2, 0.25) is 5.95 Å². The maximum atomic E-state index is 5.99. The standard InChI is InChI=1S/C13H18N4O/c1-16-6-7-18-10(8-16)9-17-12-5-3-2-4-11(12)15-13(17)14/h2-5,10H,6-9H2,1H3,(H2,14,15). The molecule has 1 atom stereocenters. The second-order valence-corrected chi connectivity index (χ2v) is 4.82. The van der Waals surface area contributed by atoms with Crippen LogP contribution in [-0.2, 0) is 11.3 Å². The number of likely N-dealkylation sites (N-methyl/N-ethyl adjacent to an activating group) is 1. The van der Waals surface area contributed by atoms with E-state index in [2.05, 4.69) is 16.9 Å². The van der Waals surface area contributed by atoms with Crippen LogP contribution in [0.15, 0.2) is 24.3 Å². The third kappa shape index (κ3) is 2.07. The summed E-state index contributed by atoms with van der Waals surface area (Å²) in [5, 5.41) is 0. The van der Waals surface area contributed by atoms with E-state index in [9.17, 15) is 0 Å². The van der Waals surface area contributed by atoms with Crippen molar-refractivity contribution in [1.29, 1.82) is 0 Å². The third-order valence-corrected chi connectivity index (χ3v) is 3.41. The highest BCUT2D eigenvalue weighted by Gasteiger charge is 2.20. The van der Waals surface area contributed by atoms with Crippen LogP contribution in [0.1, 0.15) is 0 Å². The maximum Gasteiger partial charge on any atom is 0.201 e. The van der Waals surface area contributed by atoms with Crippen LogP contribution in [0.5, 0.6) is 0 Å². The number of anilines is 1. The first-order chi connectivity index (χ1) is 8.74. The first-order valence-corrected chi connectivity index (χ1v) is 6.25. The number of imidazole rings is 1. The fourth-order valence-corrected chi connectivity index (χ4v) is 2.47. The molecule has 5 heteroatoms. The van der Waals surface area contributed by atoms with E-state index in [1.165, 1.54) is 0 Å². The van der Waals surface area contributed by atoms with Crippen molar-refractivity contribution in [2.24, 2.45) is 0 Å². The van der Waals surface area contributed by atoms with Crippen LogP contribution < -0.4 is 5.73 Å². The Bertz CT molecular complexity index is 551. The number of para-hydroxylation sites is 2. The average molecular weight is 246 g/mol. The quantitative estimate of drug-likeness (QED) is 0.857. The van der Waals surface area contributed by atoms with Gasteiger partial charge in [0.25, 0.3) is 0 Å². The van der Waals surface area contributed by atoms with Crippen molar-refractivity contribution in [3.63, 3.8) is 0 Å². The Labute approximate surface area is 106 Å². The van der Waals surface area contributed by atoms with Crippen LogP contribution in [0.2, 0.25) is 0 Å². The highest BCUT2D eigenvalue weighted by Crippen LogP contribution is 2.19. The monoisotopic (exact) mass is 246 g/mol. The highest BCUT2D eigenvalue weighted by molar-refractivity contribution is 5.78. The van der Waals surface area contributed by atoms with Gasteiger partial charge in [-0.15, -0.1) is 0 Å². The van der Waals surface area contributed by atoms with Crippen LogP contribution in [0.4, 0.5) is 5.95 Å². The van der Waals surface area contributed by atoms with Crippen molar-refractivity contribution < 1.29 is 4.74 Å². The van der Waals surface area contributed by atoms with Crippen LogP contribution in [0, 0.1) is 0 Å². The predicted molar refractivity (Wildman–Crippen MR) is 71.4 cm³/mol. The molecule has 0 spiro atoms. The molecule has 1 unspecified atom stereocenters. The smallest absolute Gasteiger partial charge is 0.201 e. The van der Waals surface area contributed by atoms with Crippen molar-refractivity contribution in [3.05, 3.63) is 24.3 Å². The van der Waals surface area contributed by atoms with Gasteiger partial charge in [-0.1, -0.05) is 12.1 Å². The van der Waals surface area contributed by atoms with Crippen LogP contribution in [0.3, 0.4) is 0 Å². The molecule has 5 nitrogen and oxygen atoms in total. The lowest BCUT2D eigenvalue weighted by atomic mass is 10.2. The molecule has 0 bridgehead atoms. The number of nitrogen functional groups attached to an aromatic ring is 1. The van der Waals surface area contributed by atoms with Crippen molar-refractivity contribution in [2.45, 2.75) is 12.6 Å². The van der Waals surface area contributed by atoms with E-state index in [-0.39, 0.29) is 6.10 Å². The van der Waals surface area contributed by atoms with Crippen LogP contribution in [0.25, 0.3) is 11.0 Å². The largest absolute Gasteiger partial charge is 0.374 e. The Morgan fingerprint density at radius 2 is 2.28 bits per heavy atom. The van der Waals surface area contributed by atoms with Crippen molar-refractivity contribution in [3.8, 4) is 0 Å². The van der Waals surface area contributed by atoms with Gasteiger partial charge in [-0.3, -0.25) is 0 Å². The Balaban J connectivity index is 1.87. The summed E-state index contributed by atoms with van der Waals surface area (Å²) >= 11 is 0. The lowest BCUT2D eigenvalue weighted by Crippen LogP contribution is -2.42. The number of morpholine rings is 1. The normalized spacial score (nSPS) is 21.5. The number of nitrogens with two attached hydrogens (primary N) is 1. The van der Waals surface area contributed by atoms with E-state index in [0.717, 1.165) is 37.3 Å². The molecule has 1 fully saturated rings. The Hall–Kier alpha value is -1.59. The van der Waals surface area contributed by atoms with Gasteiger partial charge in [-0.05, 0) is 19.2 Å². The minimum atomic E-state index is 0.184. The zero-order valence-electron chi connectivity index (χ0n) is 10.5. The zero-order chi connectivity index (χ0) is 12.5. The molecule has 1 aliphatic heterocycles. The molecule has 0 aliphatic carbocycles. The maximum absolute atomic E-state index is 5.99. The molecule has 0 radical (unpaired) electrons. The van der Waals surface area contributed by atoms with Gasteiger partial charge in [-0.25, -0.2) is 4.98 Å². The fourth-order valence-electron chi connectivity index (χ4n) is 2.47. The van der Waals surface area contributed by atoms with Gasteiger partial charge in [0.1, 0.15) is 0 Å². The van der Waals surface area contributed by atoms with Gasteiger partial charge in [-0.2, -0.15) is 0 Å². The van der Waals surface area contributed by atoms with E-state index < -0.39 is 0 Å². The minimum absolute atomic E-state index is 0.184. The molecule has 0 amide bonds. The molecule has 96 valence electrons. The molecule has 1 aliphatic rings. The van der Waals surface area contributed by atoms with E-state index >= 15 is 0 Å². The second kappa shape index (κ2) is 4.59. The van der Waals surface area contributed by atoms with Gasteiger partial charge < -0.3 is 19.9 Å². The first kappa shape index (κ1) is 11.5. The summed E-state index contributed by atoms with van der Waals surface area (Å²) in [5.41, 5.74) is 8.01. The molecule has 18 heavy (non-hydrogen) atoms. The predicted octanol–water partition coefficient (Wildman–Crippen LogP) is 0.949. The number of hydrogen-bond acceptors (Lipinski definition) is 4. The van der Waals surface area contributed by atoms with Crippen LogP contribution in [-0.4, -0.2) is 47.3 Å². The second-order valence-electron chi connectivity index (χ2n) is 4.82. The molecule has 0 saturated carbocycles. The molecule has 3 rings (SSSR count). The summed E-state index contributed by atoms with van der Waals surface area (Å²) < 4.78 is 7.82. The molecule has 2 aromatic rings. The number of benzene rings is 1. The summed E-state index contributed by atoms with van der Waals surface area (Å²) in [6, 6.07) is 8.01. The third-order valence-electron chi connectivity index (χ3n) is 3.41. The number of rotatable bonds is 2. The summed E-state index contributed by atoms with van der Waals surface area (Å²) in [6.45, 7) is 3.48. The molecular weight excluding hydrogens is 228 g/mol. The van der Waals surface area contributed by atoms with E-state index in [4.69, 9.17) is 10.5 Å². The zero-order valence-corrected chi connectivity index (χ0v) is 10.5. The van der Waals surface area contributed by atoms with Crippen molar-refractivity contribution in [1.82, 2.24) is 14.5 Å². The Morgan fingerprint density at radius 1 is 1.44 bits per heavy atom. The van der Waals surface area contributed by atoms with Crippen molar-refractivity contribution in [2.75, 3.05) is 32.5 Å². The van der Waals surface area contributed by atoms with E-state index in [0.29, 0.717) is 5.95 Å². The first-order valence-electron chi connectivity index (χ1n) is 6.25. The number of ether oxygens (including phenoxy) is 1. The van der Waals surface area contributed by atoms with Crippen molar-refractivity contribution >= 4 is 17.0 Å². The molecule has 1 aromatic heterocycles. The molecule has 1 aromatic carbocycles. The molecular formula is C13H18N4O. The van der Waals surface area contributed by atoms with Gasteiger partial charge in [0.05, 0.1) is 30.3 Å². The summed E-state index contributed by atoms with van der Waals surface area (Å²) in [7, 11) is 2.12. The summed E-state index contributed by atoms with van der Waals surface area (Å²) in [6.07, 6.45) is 0.184. The van der Waals surface area contributed by atoms with Gasteiger partial charge >= 0.3 is 0 Å². The average Bonchev–Trinajstić information content (AvgIpc) is 2.66. The van der Waals surface area contributed by atoms with Gasteiger partial charge in [0.15, 0.2) is 0 Å². The Morgan fingerprint density at radius 3 is 3.11 bits per heavy atom.